The Labute approximate surface area is 139 Å². The van der Waals surface area contributed by atoms with Gasteiger partial charge in [-0.1, -0.05) is 6.07 Å². The van der Waals surface area contributed by atoms with Gasteiger partial charge in [0, 0.05) is 29.2 Å². The minimum absolute atomic E-state index is 0.0614. The third-order valence-corrected chi connectivity index (χ3v) is 5.04. The van der Waals surface area contributed by atoms with E-state index >= 15 is 0 Å². The Morgan fingerprint density at radius 3 is 2.96 bits per heavy atom. The molecule has 3 rings (SSSR count). The van der Waals surface area contributed by atoms with Crippen LogP contribution >= 0.6 is 11.3 Å². The second-order valence-electron chi connectivity index (χ2n) is 5.69. The van der Waals surface area contributed by atoms with Crippen molar-refractivity contribution in [1.82, 2.24) is 4.90 Å². The van der Waals surface area contributed by atoms with Crippen molar-refractivity contribution in [3.05, 3.63) is 51.7 Å². The van der Waals surface area contributed by atoms with Crippen molar-refractivity contribution in [3.63, 3.8) is 0 Å². The molecule has 0 bridgehead atoms. The zero-order chi connectivity index (χ0) is 16.4. The van der Waals surface area contributed by atoms with Gasteiger partial charge >= 0.3 is 0 Å². The molecule has 1 aromatic heterocycles. The highest BCUT2D eigenvalue weighted by molar-refractivity contribution is 7.10. The summed E-state index contributed by atoms with van der Waals surface area (Å²) in [6.45, 7) is 3.26. The van der Waals surface area contributed by atoms with E-state index in [0.717, 1.165) is 18.7 Å². The maximum atomic E-state index is 12.6. The SMILES string of the molecule is CC(Nc1cccc(C(N)=O)c1)C(=O)N1CCc2sccc2C1. The van der Waals surface area contributed by atoms with E-state index in [4.69, 9.17) is 5.73 Å². The van der Waals surface area contributed by atoms with Gasteiger partial charge in [-0.3, -0.25) is 9.59 Å². The fraction of sp³-hybridized carbons (Fsp3) is 0.294. The highest BCUT2D eigenvalue weighted by Crippen LogP contribution is 2.24. The number of anilines is 1. The number of nitrogens with one attached hydrogen (secondary N) is 1. The molecular weight excluding hydrogens is 310 g/mol. The Hall–Kier alpha value is -2.34. The number of amides is 2. The van der Waals surface area contributed by atoms with Crippen LogP contribution in [0.2, 0.25) is 0 Å². The van der Waals surface area contributed by atoms with Crippen LogP contribution in [0.3, 0.4) is 0 Å². The molecule has 2 aromatic rings. The van der Waals surface area contributed by atoms with Crippen molar-refractivity contribution >= 4 is 28.8 Å². The molecule has 1 atom stereocenters. The van der Waals surface area contributed by atoms with E-state index in [2.05, 4.69) is 16.8 Å². The number of hydrogen-bond acceptors (Lipinski definition) is 4. The van der Waals surface area contributed by atoms with Gasteiger partial charge in [0.15, 0.2) is 0 Å². The van der Waals surface area contributed by atoms with E-state index in [1.165, 1.54) is 10.4 Å². The first-order chi connectivity index (χ1) is 11.0. The van der Waals surface area contributed by atoms with E-state index < -0.39 is 5.91 Å². The van der Waals surface area contributed by atoms with Crippen LogP contribution in [0, 0.1) is 0 Å². The molecule has 0 saturated heterocycles. The van der Waals surface area contributed by atoms with Crippen LogP contribution in [0.4, 0.5) is 5.69 Å². The van der Waals surface area contributed by atoms with Crippen LogP contribution in [-0.4, -0.2) is 29.3 Å². The average molecular weight is 329 g/mol. The first-order valence-electron chi connectivity index (χ1n) is 7.55. The summed E-state index contributed by atoms with van der Waals surface area (Å²) in [4.78, 5) is 27.1. The van der Waals surface area contributed by atoms with E-state index in [-0.39, 0.29) is 11.9 Å². The number of benzene rings is 1. The molecule has 1 unspecified atom stereocenters. The number of rotatable bonds is 4. The molecule has 0 fully saturated rings. The van der Waals surface area contributed by atoms with Gasteiger partial charge in [-0.2, -0.15) is 0 Å². The molecule has 2 amide bonds. The second kappa shape index (κ2) is 6.42. The van der Waals surface area contributed by atoms with Crippen LogP contribution in [-0.2, 0) is 17.8 Å². The highest BCUT2D eigenvalue weighted by Gasteiger charge is 2.25. The number of carbonyl (C=O) groups excluding carboxylic acids is 2. The molecule has 0 spiro atoms. The van der Waals surface area contributed by atoms with Gasteiger partial charge in [0.2, 0.25) is 11.8 Å². The zero-order valence-electron chi connectivity index (χ0n) is 12.9. The minimum atomic E-state index is -0.478. The Morgan fingerprint density at radius 2 is 2.17 bits per heavy atom. The number of carbonyl (C=O) groups is 2. The zero-order valence-corrected chi connectivity index (χ0v) is 13.7. The number of nitrogens with zero attached hydrogens (tertiary/aromatic N) is 1. The van der Waals surface area contributed by atoms with Crippen molar-refractivity contribution in [3.8, 4) is 0 Å². The summed E-state index contributed by atoms with van der Waals surface area (Å²) in [5.41, 5.74) is 7.68. The van der Waals surface area contributed by atoms with Crippen LogP contribution in [0.1, 0.15) is 27.7 Å². The summed E-state index contributed by atoms with van der Waals surface area (Å²) in [5.74, 6) is -0.417. The third-order valence-electron chi connectivity index (χ3n) is 4.02. The largest absolute Gasteiger partial charge is 0.374 e. The number of thiophene rings is 1. The lowest BCUT2D eigenvalue weighted by Crippen LogP contribution is -2.43. The highest BCUT2D eigenvalue weighted by atomic mass is 32.1. The monoisotopic (exact) mass is 329 g/mol. The van der Waals surface area contributed by atoms with Crippen LogP contribution in [0.5, 0.6) is 0 Å². The quantitative estimate of drug-likeness (QED) is 0.903. The summed E-state index contributed by atoms with van der Waals surface area (Å²) in [5, 5.41) is 5.23. The van der Waals surface area contributed by atoms with Crippen molar-refractivity contribution in [2.45, 2.75) is 25.9 Å². The smallest absolute Gasteiger partial charge is 0.248 e. The number of nitrogens with two attached hydrogens (primary N) is 1. The van der Waals surface area contributed by atoms with Crippen LogP contribution < -0.4 is 11.1 Å². The van der Waals surface area contributed by atoms with Crippen LogP contribution in [0.15, 0.2) is 35.7 Å². The molecule has 5 nitrogen and oxygen atoms in total. The van der Waals surface area contributed by atoms with Crippen molar-refractivity contribution in [2.24, 2.45) is 5.73 Å². The molecule has 1 aliphatic heterocycles. The molecule has 6 heteroatoms. The van der Waals surface area contributed by atoms with Crippen LogP contribution in [0.25, 0.3) is 0 Å². The van der Waals surface area contributed by atoms with Gasteiger partial charge in [0.25, 0.3) is 0 Å². The van der Waals surface area contributed by atoms with Crippen molar-refractivity contribution < 1.29 is 9.59 Å². The lowest BCUT2D eigenvalue weighted by Gasteiger charge is -2.30. The van der Waals surface area contributed by atoms with Gasteiger partial charge in [0.05, 0.1) is 0 Å². The van der Waals surface area contributed by atoms with Crippen molar-refractivity contribution in [1.29, 1.82) is 0 Å². The van der Waals surface area contributed by atoms with Gasteiger partial charge in [-0.15, -0.1) is 11.3 Å². The van der Waals surface area contributed by atoms with E-state index in [1.54, 1.807) is 29.5 Å². The molecule has 0 radical (unpaired) electrons. The lowest BCUT2D eigenvalue weighted by atomic mass is 10.1. The molecular formula is C17H19N3O2S. The fourth-order valence-electron chi connectivity index (χ4n) is 2.78. The molecule has 120 valence electrons. The Kier molecular flexibility index (Phi) is 4.34. The van der Waals surface area contributed by atoms with Gasteiger partial charge in [-0.25, -0.2) is 0 Å². The Morgan fingerprint density at radius 1 is 1.35 bits per heavy atom. The number of hydrogen-bond donors (Lipinski definition) is 2. The number of primary amides is 1. The molecule has 0 aliphatic carbocycles. The molecule has 1 aromatic carbocycles. The topological polar surface area (TPSA) is 75.4 Å². The predicted octanol–water partition coefficient (Wildman–Crippen LogP) is 2.23. The molecule has 3 N–H and O–H groups in total. The standard InChI is InChI=1S/C17H19N3O2S/c1-11(19-14-4-2-3-12(9-14)16(18)21)17(22)20-7-5-15-13(10-20)6-8-23-15/h2-4,6,8-9,11,19H,5,7,10H2,1H3,(H2,18,21). The summed E-state index contributed by atoms with van der Waals surface area (Å²) in [6, 6.07) is 8.62. The lowest BCUT2D eigenvalue weighted by molar-refractivity contribution is -0.132. The molecule has 1 aliphatic rings. The summed E-state index contributed by atoms with van der Waals surface area (Å²) >= 11 is 1.76. The maximum absolute atomic E-state index is 12.6. The van der Waals surface area contributed by atoms with E-state index in [9.17, 15) is 9.59 Å². The fourth-order valence-corrected chi connectivity index (χ4v) is 3.67. The molecule has 0 saturated carbocycles. The van der Waals surface area contributed by atoms with Gasteiger partial charge < -0.3 is 16.0 Å². The summed E-state index contributed by atoms with van der Waals surface area (Å²) < 4.78 is 0. The normalized spacial score (nSPS) is 14.9. The van der Waals surface area contributed by atoms with Gasteiger partial charge in [-0.05, 0) is 48.6 Å². The minimum Gasteiger partial charge on any atom is -0.374 e. The Bertz CT molecular complexity index is 741. The van der Waals surface area contributed by atoms with E-state index in [0.29, 0.717) is 12.1 Å². The number of fused-ring (bicyclic) bond motifs is 1. The summed E-state index contributed by atoms with van der Waals surface area (Å²) in [6.07, 6.45) is 0.919. The first-order valence-corrected chi connectivity index (χ1v) is 8.43. The molecule has 23 heavy (non-hydrogen) atoms. The van der Waals surface area contributed by atoms with Gasteiger partial charge in [0.1, 0.15) is 6.04 Å². The third kappa shape index (κ3) is 3.37. The average Bonchev–Trinajstić information content (AvgIpc) is 3.01. The summed E-state index contributed by atoms with van der Waals surface area (Å²) in [7, 11) is 0. The Balaban J connectivity index is 1.66. The predicted molar refractivity (Wildman–Crippen MR) is 91.5 cm³/mol. The first kappa shape index (κ1) is 15.6. The molecule has 2 heterocycles. The maximum Gasteiger partial charge on any atom is 0.248 e. The second-order valence-corrected chi connectivity index (χ2v) is 6.69. The van der Waals surface area contributed by atoms with Crippen molar-refractivity contribution in [2.75, 3.05) is 11.9 Å². The van der Waals surface area contributed by atoms with E-state index in [1.807, 2.05) is 17.9 Å².